The van der Waals surface area contributed by atoms with Crippen LogP contribution in [0.25, 0.3) is 0 Å². The van der Waals surface area contributed by atoms with Crippen molar-refractivity contribution in [2.45, 2.75) is 47.2 Å². The summed E-state index contributed by atoms with van der Waals surface area (Å²) in [6.45, 7) is 10.5. The van der Waals surface area contributed by atoms with Gasteiger partial charge >= 0.3 is 0 Å². The van der Waals surface area contributed by atoms with Gasteiger partial charge in [0.05, 0.1) is 35.3 Å². The van der Waals surface area contributed by atoms with Crippen molar-refractivity contribution in [1.29, 1.82) is 0 Å². The SMILES string of the molecule is Cc1ncsc1CNc1cnn(CCC(C)C)c1C. The fraction of sp³-hybridized carbons (Fsp3) is 0.571. The van der Waals surface area contributed by atoms with E-state index in [1.807, 2.05) is 18.6 Å². The normalized spacial score (nSPS) is 11.2. The highest BCUT2D eigenvalue weighted by atomic mass is 32.1. The number of aromatic nitrogens is 3. The first-order valence-electron chi connectivity index (χ1n) is 6.73. The molecule has 19 heavy (non-hydrogen) atoms. The van der Waals surface area contributed by atoms with Crippen molar-refractivity contribution in [2.75, 3.05) is 5.32 Å². The molecule has 0 saturated carbocycles. The lowest BCUT2D eigenvalue weighted by molar-refractivity contribution is 0.480. The maximum absolute atomic E-state index is 4.45. The van der Waals surface area contributed by atoms with Crippen molar-refractivity contribution in [3.63, 3.8) is 0 Å². The van der Waals surface area contributed by atoms with Crippen molar-refractivity contribution in [2.24, 2.45) is 5.92 Å². The minimum Gasteiger partial charge on any atom is -0.377 e. The summed E-state index contributed by atoms with van der Waals surface area (Å²) in [5, 5.41) is 7.90. The Morgan fingerprint density at radius 1 is 1.37 bits per heavy atom. The topological polar surface area (TPSA) is 42.7 Å². The molecule has 0 bridgehead atoms. The molecule has 0 fully saturated rings. The van der Waals surface area contributed by atoms with E-state index in [0.29, 0.717) is 5.92 Å². The van der Waals surface area contributed by atoms with Crippen LogP contribution in [0.4, 0.5) is 5.69 Å². The van der Waals surface area contributed by atoms with Crippen LogP contribution >= 0.6 is 11.3 Å². The van der Waals surface area contributed by atoms with Crippen LogP contribution in [0.5, 0.6) is 0 Å². The van der Waals surface area contributed by atoms with Gasteiger partial charge in [-0.15, -0.1) is 11.3 Å². The Hall–Kier alpha value is -1.36. The molecule has 0 atom stereocenters. The van der Waals surface area contributed by atoms with Crippen LogP contribution < -0.4 is 5.32 Å². The van der Waals surface area contributed by atoms with E-state index in [1.165, 1.54) is 10.6 Å². The van der Waals surface area contributed by atoms with E-state index < -0.39 is 0 Å². The molecule has 0 saturated heterocycles. The van der Waals surface area contributed by atoms with E-state index in [9.17, 15) is 0 Å². The Balaban J connectivity index is 1.96. The average molecular weight is 278 g/mol. The summed E-state index contributed by atoms with van der Waals surface area (Å²) in [6, 6.07) is 0. The third-order valence-electron chi connectivity index (χ3n) is 3.31. The van der Waals surface area contributed by atoms with Crippen LogP contribution in [-0.2, 0) is 13.1 Å². The van der Waals surface area contributed by atoms with Crippen molar-refractivity contribution in [3.05, 3.63) is 28.0 Å². The highest BCUT2D eigenvalue weighted by molar-refractivity contribution is 7.09. The number of hydrogen-bond acceptors (Lipinski definition) is 4. The Morgan fingerprint density at radius 2 is 2.16 bits per heavy atom. The molecule has 4 nitrogen and oxygen atoms in total. The second-order valence-corrected chi connectivity index (χ2v) is 6.20. The minimum atomic E-state index is 0.708. The number of hydrogen-bond donors (Lipinski definition) is 1. The van der Waals surface area contributed by atoms with Gasteiger partial charge in [0.1, 0.15) is 0 Å². The van der Waals surface area contributed by atoms with Crippen LogP contribution in [-0.4, -0.2) is 14.8 Å². The number of anilines is 1. The van der Waals surface area contributed by atoms with Gasteiger partial charge in [0, 0.05) is 11.4 Å². The molecule has 0 amide bonds. The molecule has 104 valence electrons. The van der Waals surface area contributed by atoms with Crippen molar-refractivity contribution in [3.8, 4) is 0 Å². The van der Waals surface area contributed by atoms with Gasteiger partial charge in [-0.1, -0.05) is 13.8 Å². The van der Waals surface area contributed by atoms with Crippen LogP contribution in [0.2, 0.25) is 0 Å². The molecular formula is C14H22N4S. The van der Waals surface area contributed by atoms with Gasteiger partial charge in [0.25, 0.3) is 0 Å². The zero-order valence-electron chi connectivity index (χ0n) is 12.1. The number of aryl methyl sites for hydroxylation is 2. The third-order valence-corrected chi connectivity index (χ3v) is 4.24. The van der Waals surface area contributed by atoms with Gasteiger partial charge in [-0.25, -0.2) is 4.98 Å². The number of thiazole rings is 1. The summed E-state index contributed by atoms with van der Waals surface area (Å²) >= 11 is 1.69. The first-order chi connectivity index (χ1) is 9.08. The van der Waals surface area contributed by atoms with Gasteiger partial charge in [0.15, 0.2) is 0 Å². The minimum absolute atomic E-state index is 0.708. The molecule has 5 heteroatoms. The van der Waals surface area contributed by atoms with Crippen LogP contribution in [0.15, 0.2) is 11.7 Å². The van der Waals surface area contributed by atoms with Crippen molar-refractivity contribution in [1.82, 2.24) is 14.8 Å². The Kier molecular flexibility index (Phi) is 4.58. The van der Waals surface area contributed by atoms with Gasteiger partial charge in [-0.05, 0) is 26.2 Å². The van der Waals surface area contributed by atoms with E-state index in [4.69, 9.17) is 0 Å². The standard InChI is InChI=1S/C14H22N4S/c1-10(2)5-6-18-12(4)13(7-17-18)15-8-14-11(3)16-9-19-14/h7,9-10,15H,5-6,8H2,1-4H3. The summed E-state index contributed by atoms with van der Waals surface area (Å²) in [7, 11) is 0. The lowest BCUT2D eigenvalue weighted by atomic mass is 10.1. The summed E-state index contributed by atoms with van der Waals surface area (Å²) in [6.07, 6.45) is 3.09. The first kappa shape index (κ1) is 14.1. The molecule has 0 aliphatic carbocycles. The Bertz CT molecular complexity index is 527. The van der Waals surface area contributed by atoms with Gasteiger partial charge < -0.3 is 5.32 Å². The molecule has 0 aliphatic rings. The third kappa shape index (κ3) is 3.56. The molecule has 2 heterocycles. The zero-order chi connectivity index (χ0) is 13.8. The quantitative estimate of drug-likeness (QED) is 0.877. The predicted octanol–water partition coefficient (Wildman–Crippen LogP) is 3.61. The summed E-state index contributed by atoms with van der Waals surface area (Å²) in [5.74, 6) is 0.708. The maximum Gasteiger partial charge on any atom is 0.0798 e. The maximum atomic E-state index is 4.45. The average Bonchev–Trinajstić information content (AvgIpc) is 2.91. The fourth-order valence-electron chi connectivity index (χ4n) is 1.90. The van der Waals surface area contributed by atoms with Crippen molar-refractivity contribution < 1.29 is 0 Å². The highest BCUT2D eigenvalue weighted by Crippen LogP contribution is 2.18. The zero-order valence-corrected chi connectivity index (χ0v) is 12.9. The molecule has 2 aromatic rings. The lowest BCUT2D eigenvalue weighted by Gasteiger charge is -2.08. The molecule has 0 aliphatic heterocycles. The van der Waals surface area contributed by atoms with Crippen LogP contribution in [0, 0.1) is 19.8 Å². The second kappa shape index (κ2) is 6.19. The fourth-order valence-corrected chi connectivity index (χ4v) is 2.61. The summed E-state index contributed by atoms with van der Waals surface area (Å²) in [5.41, 5.74) is 5.34. The first-order valence-corrected chi connectivity index (χ1v) is 7.61. The summed E-state index contributed by atoms with van der Waals surface area (Å²) < 4.78 is 2.09. The van der Waals surface area contributed by atoms with E-state index in [0.717, 1.165) is 30.9 Å². The van der Waals surface area contributed by atoms with Crippen LogP contribution in [0.1, 0.15) is 36.5 Å². The molecule has 1 N–H and O–H groups in total. The number of nitrogens with zero attached hydrogens (tertiary/aromatic N) is 3. The van der Waals surface area contributed by atoms with Gasteiger partial charge in [-0.3, -0.25) is 4.68 Å². The molecule has 0 aromatic carbocycles. The monoisotopic (exact) mass is 278 g/mol. The van der Waals surface area contributed by atoms with Crippen molar-refractivity contribution >= 4 is 17.0 Å². The Labute approximate surface area is 118 Å². The summed E-state index contributed by atoms with van der Waals surface area (Å²) in [4.78, 5) is 5.55. The largest absolute Gasteiger partial charge is 0.377 e. The molecular weight excluding hydrogens is 256 g/mol. The smallest absolute Gasteiger partial charge is 0.0798 e. The lowest BCUT2D eigenvalue weighted by Crippen LogP contribution is -2.06. The number of rotatable bonds is 6. The molecule has 2 aromatic heterocycles. The van der Waals surface area contributed by atoms with E-state index >= 15 is 0 Å². The molecule has 0 unspecified atom stereocenters. The molecule has 0 radical (unpaired) electrons. The van der Waals surface area contributed by atoms with E-state index in [1.54, 1.807) is 11.3 Å². The van der Waals surface area contributed by atoms with E-state index in [-0.39, 0.29) is 0 Å². The second-order valence-electron chi connectivity index (χ2n) is 5.26. The highest BCUT2D eigenvalue weighted by Gasteiger charge is 2.08. The number of nitrogens with one attached hydrogen (secondary N) is 1. The van der Waals surface area contributed by atoms with Crippen LogP contribution in [0.3, 0.4) is 0 Å². The molecule has 0 spiro atoms. The van der Waals surface area contributed by atoms with Gasteiger partial charge in [0.2, 0.25) is 0 Å². The predicted molar refractivity (Wildman–Crippen MR) is 80.6 cm³/mol. The Morgan fingerprint density at radius 3 is 2.79 bits per heavy atom. The van der Waals surface area contributed by atoms with E-state index in [2.05, 4.69) is 40.9 Å². The van der Waals surface area contributed by atoms with Gasteiger partial charge in [-0.2, -0.15) is 5.10 Å². The molecule has 2 rings (SSSR count).